The Balaban J connectivity index is 0.976. The van der Waals surface area contributed by atoms with E-state index in [1.807, 2.05) is 0 Å². The number of ether oxygens (including phenoxy) is 1. The number of allylic oxidation sites excluding steroid dienone is 2. The second-order valence-corrected chi connectivity index (χ2v) is 19.4. The van der Waals surface area contributed by atoms with E-state index in [4.69, 9.17) is 4.74 Å². The monoisotopic (exact) mass is 604 g/mol. The second-order valence-electron chi connectivity index (χ2n) is 19.4. The number of aliphatic hydroxyl groups excluding tert-OH is 2. The van der Waals surface area contributed by atoms with Crippen LogP contribution < -0.4 is 0 Å². The molecule has 9 aliphatic rings. The summed E-state index contributed by atoms with van der Waals surface area (Å²) in [6.07, 6.45) is 19.9. The molecule has 4 nitrogen and oxygen atoms in total. The van der Waals surface area contributed by atoms with Gasteiger partial charge in [0.25, 0.3) is 0 Å². The van der Waals surface area contributed by atoms with Crippen molar-refractivity contribution in [2.75, 3.05) is 0 Å². The van der Waals surface area contributed by atoms with Gasteiger partial charge in [-0.25, -0.2) is 0 Å². The van der Waals surface area contributed by atoms with E-state index in [0.717, 1.165) is 63.2 Å². The number of Topliss-reactive ketones (excluding diaryl/α,β-unsaturated/α-hetero) is 1. The summed E-state index contributed by atoms with van der Waals surface area (Å²) >= 11 is 0. The molecule has 0 amide bonds. The molecule has 1 spiro atoms. The van der Waals surface area contributed by atoms with Crippen molar-refractivity contribution in [3.05, 3.63) is 11.3 Å². The van der Waals surface area contributed by atoms with Gasteiger partial charge >= 0.3 is 0 Å². The molecule has 0 aromatic rings. The van der Waals surface area contributed by atoms with E-state index in [1.165, 1.54) is 70.0 Å². The maximum absolute atomic E-state index is 14.2. The molecule has 0 bridgehead atoms. The Labute approximate surface area is 266 Å². The summed E-state index contributed by atoms with van der Waals surface area (Å²) in [5.41, 5.74) is 1.73. The molecule has 7 saturated carbocycles. The Morgan fingerprint density at radius 2 is 1.16 bits per heavy atom. The van der Waals surface area contributed by atoms with Crippen molar-refractivity contribution in [2.45, 2.75) is 161 Å². The number of fused-ring (bicyclic) bond motifs is 10. The second kappa shape index (κ2) is 9.39. The van der Waals surface area contributed by atoms with E-state index in [9.17, 15) is 15.0 Å². The summed E-state index contributed by atoms with van der Waals surface area (Å²) in [6.45, 7) is 9.99. The Bertz CT molecular complexity index is 1270. The number of ketones is 1. The predicted octanol–water partition coefficient (Wildman–Crippen LogP) is 8.39. The highest BCUT2D eigenvalue weighted by Gasteiger charge is 2.66. The zero-order chi connectivity index (χ0) is 30.4. The molecule has 15 unspecified atom stereocenters. The van der Waals surface area contributed by atoms with Gasteiger partial charge in [-0.1, -0.05) is 27.7 Å². The quantitative estimate of drug-likeness (QED) is 0.291. The standard InChI is InChI=1S/C40H60O4/c1-36-16-14-30-26(28(36)9-11-33(36)41)7-5-24-19-32-23(21-38(24,30)3)13-18-40(44-32)22-39(4)25(20-35(40)43)6-8-27-29-10-12-34(42)37(29,2)17-15-31(27)39/h24-31,33-34,41-42H,5-22H2,1-4H3. The lowest BCUT2D eigenvalue weighted by Crippen LogP contribution is -2.61. The van der Waals surface area contributed by atoms with Gasteiger partial charge in [0.1, 0.15) is 0 Å². The smallest absolute Gasteiger partial charge is 0.176 e. The molecule has 44 heavy (non-hydrogen) atoms. The number of aliphatic hydroxyl groups is 2. The molecular formula is C40H60O4. The van der Waals surface area contributed by atoms with Crippen molar-refractivity contribution in [3.63, 3.8) is 0 Å². The zero-order valence-electron chi connectivity index (χ0n) is 28.2. The highest BCUT2D eigenvalue weighted by atomic mass is 16.5. The Kier molecular flexibility index (Phi) is 6.25. The van der Waals surface area contributed by atoms with Crippen molar-refractivity contribution in [2.24, 2.45) is 69.0 Å². The zero-order valence-corrected chi connectivity index (χ0v) is 28.2. The van der Waals surface area contributed by atoms with Gasteiger partial charge in [0, 0.05) is 19.3 Å². The molecule has 2 N–H and O–H groups in total. The molecule has 0 radical (unpaired) electrons. The van der Waals surface area contributed by atoms with E-state index in [2.05, 4.69) is 27.7 Å². The Morgan fingerprint density at radius 1 is 0.614 bits per heavy atom. The van der Waals surface area contributed by atoms with Gasteiger partial charge in [0.2, 0.25) is 0 Å². The molecule has 0 saturated heterocycles. The van der Waals surface area contributed by atoms with Gasteiger partial charge < -0.3 is 14.9 Å². The minimum Gasteiger partial charge on any atom is -0.484 e. The van der Waals surface area contributed by atoms with Gasteiger partial charge in [-0.3, -0.25) is 4.79 Å². The third-order valence-electron chi connectivity index (χ3n) is 18.2. The van der Waals surface area contributed by atoms with E-state index in [0.29, 0.717) is 46.7 Å². The summed E-state index contributed by atoms with van der Waals surface area (Å²) < 4.78 is 7.24. The van der Waals surface area contributed by atoms with Crippen LogP contribution in [0, 0.1) is 69.0 Å². The van der Waals surface area contributed by atoms with E-state index < -0.39 is 5.60 Å². The SMILES string of the molecule is CC12CCC3C(CCC4CC5=C(CCC6(CC7(C)C(CCC8C9CCC(O)C9(C)CCC87)CC6=O)O5)CC43C)C1CCC2O. The summed E-state index contributed by atoms with van der Waals surface area (Å²) in [4.78, 5) is 14.2. The first-order valence-corrected chi connectivity index (χ1v) is 19.2. The lowest BCUT2D eigenvalue weighted by Gasteiger charge is -2.63. The normalized spacial score (nSPS) is 59.5. The third-order valence-corrected chi connectivity index (χ3v) is 18.2. The minimum atomic E-state index is -0.598. The van der Waals surface area contributed by atoms with Crippen molar-refractivity contribution in [1.29, 1.82) is 0 Å². The van der Waals surface area contributed by atoms with Crippen molar-refractivity contribution in [3.8, 4) is 0 Å². The summed E-state index contributed by atoms with van der Waals surface area (Å²) in [5.74, 6) is 7.12. The lowest BCUT2D eigenvalue weighted by molar-refractivity contribution is -0.186. The largest absolute Gasteiger partial charge is 0.484 e. The highest BCUT2D eigenvalue weighted by Crippen LogP contribution is 2.70. The van der Waals surface area contributed by atoms with Crippen LogP contribution in [0.2, 0.25) is 0 Å². The van der Waals surface area contributed by atoms with Gasteiger partial charge in [-0.15, -0.1) is 0 Å². The molecule has 1 aliphatic heterocycles. The highest BCUT2D eigenvalue weighted by molar-refractivity contribution is 5.89. The van der Waals surface area contributed by atoms with Crippen LogP contribution in [0.5, 0.6) is 0 Å². The average molecular weight is 605 g/mol. The molecule has 9 rings (SSSR count). The molecule has 8 aliphatic carbocycles. The van der Waals surface area contributed by atoms with E-state index in [-0.39, 0.29) is 28.5 Å². The first-order valence-electron chi connectivity index (χ1n) is 19.2. The average Bonchev–Trinajstić information content (AvgIpc) is 3.47. The topological polar surface area (TPSA) is 66.8 Å². The Hall–Kier alpha value is -0.870. The van der Waals surface area contributed by atoms with Crippen molar-refractivity contribution in [1.82, 2.24) is 0 Å². The fourth-order valence-electron chi connectivity index (χ4n) is 15.6. The number of carbonyl (C=O) groups is 1. The summed E-state index contributed by atoms with van der Waals surface area (Å²) in [6, 6.07) is 0. The minimum absolute atomic E-state index is 0.0978. The Morgan fingerprint density at radius 3 is 1.77 bits per heavy atom. The first-order chi connectivity index (χ1) is 20.9. The van der Waals surface area contributed by atoms with Crippen molar-refractivity contribution >= 4 is 5.78 Å². The van der Waals surface area contributed by atoms with Crippen LogP contribution >= 0.6 is 0 Å². The van der Waals surface area contributed by atoms with Gasteiger partial charge in [-0.2, -0.15) is 0 Å². The number of carbonyl (C=O) groups excluding carboxylic acids is 1. The third kappa shape index (κ3) is 3.63. The van der Waals surface area contributed by atoms with Gasteiger partial charge in [0.05, 0.1) is 18.0 Å². The van der Waals surface area contributed by atoms with Crippen LogP contribution in [0.15, 0.2) is 11.3 Å². The molecule has 0 aromatic carbocycles. The van der Waals surface area contributed by atoms with Crippen LogP contribution in [0.3, 0.4) is 0 Å². The van der Waals surface area contributed by atoms with Crippen LogP contribution in [0.1, 0.15) is 143 Å². The van der Waals surface area contributed by atoms with Gasteiger partial charge in [-0.05, 0) is 171 Å². The van der Waals surface area contributed by atoms with Gasteiger partial charge in [0.15, 0.2) is 11.4 Å². The summed E-state index contributed by atoms with van der Waals surface area (Å²) in [7, 11) is 0. The number of hydrogen-bond donors (Lipinski definition) is 2. The maximum atomic E-state index is 14.2. The molecule has 1 heterocycles. The van der Waals surface area contributed by atoms with E-state index in [1.54, 1.807) is 5.57 Å². The van der Waals surface area contributed by atoms with Crippen molar-refractivity contribution < 1.29 is 19.7 Å². The van der Waals surface area contributed by atoms with Crippen LogP contribution in [0.4, 0.5) is 0 Å². The van der Waals surface area contributed by atoms with Crippen LogP contribution in [-0.2, 0) is 9.53 Å². The van der Waals surface area contributed by atoms with E-state index >= 15 is 0 Å². The fraction of sp³-hybridized carbons (Fsp3) is 0.925. The number of hydrogen-bond acceptors (Lipinski definition) is 4. The fourth-order valence-corrected chi connectivity index (χ4v) is 15.6. The van der Waals surface area contributed by atoms with Crippen LogP contribution in [0.25, 0.3) is 0 Å². The number of rotatable bonds is 0. The molecular weight excluding hydrogens is 544 g/mol. The molecule has 4 heteroatoms. The molecule has 244 valence electrons. The lowest BCUT2D eigenvalue weighted by atomic mass is 9.43. The molecule has 7 fully saturated rings. The maximum Gasteiger partial charge on any atom is 0.176 e. The molecule has 15 atom stereocenters. The summed E-state index contributed by atoms with van der Waals surface area (Å²) in [5, 5.41) is 21.9. The predicted molar refractivity (Wildman–Crippen MR) is 171 cm³/mol. The first kappa shape index (κ1) is 29.3. The van der Waals surface area contributed by atoms with Crippen LogP contribution in [-0.4, -0.2) is 33.8 Å². The molecule has 0 aromatic heterocycles.